The van der Waals surface area contributed by atoms with Gasteiger partial charge in [0.15, 0.2) is 0 Å². The van der Waals surface area contributed by atoms with Crippen LogP contribution in [0.25, 0.3) is 0 Å². The number of nitrogens with one attached hydrogen (secondary N) is 1. The Hall–Kier alpha value is -2.08. The van der Waals surface area contributed by atoms with E-state index in [9.17, 15) is 9.59 Å². The zero-order valence-corrected chi connectivity index (χ0v) is 10.8. The number of carbonyl (C=O) groups excluding carboxylic acids is 2. The lowest BCUT2D eigenvalue weighted by Crippen LogP contribution is -2.69. The van der Waals surface area contributed by atoms with Crippen LogP contribution in [0.3, 0.4) is 0 Å². The highest BCUT2D eigenvalue weighted by Gasteiger charge is 2.46. The van der Waals surface area contributed by atoms with Crippen molar-refractivity contribution in [3.63, 3.8) is 0 Å². The van der Waals surface area contributed by atoms with Gasteiger partial charge in [0.05, 0.1) is 13.2 Å². The number of hydroxylamine groups is 2. The van der Waals surface area contributed by atoms with Crippen LogP contribution in [-0.2, 0) is 21.0 Å². The number of β-lactam (4-membered cyclic amide) rings is 1. The molecule has 0 radical (unpaired) electrons. The molecule has 0 saturated carbocycles. The van der Waals surface area contributed by atoms with Crippen LogP contribution >= 0.6 is 0 Å². The van der Waals surface area contributed by atoms with Gasteiger partial charge in [0.25, 0.3) is 5.91 Å². The Kier molecular flexibility index (Phi) is 4.01. The lowest BCUT2D eigenvalue weighted by atomic mass is 10.0. The summed E-state index contributed by atoms with van der Waals surface area (Å²) in [4.78, 5) is 27.9. The van der Waals surface area contributed by atoms with E-state index in [0.29, 0.717) is 0 Å². The van der Waals surface area contributed by atoms with E-state index >= 15 is 0 Å². The van der Waals surface area contributed by atoms with Crippen molar-refractivity contribution in [1.82, 2.24) is 10.4 Å². The summed E-state index contributed by atoms with van der Waals surface area (Å²) < 4.78 is 5.04. The van der Waals surface area contributed by atoms with E-state index in [4.69, 9.17) is 9.57 Å². The van der Waals surface area contributed by atoms with Gasteiger partial charge in [0, 0.05) is 0 Å². The molecule has 6 nitrogen and oxygen atoms in total. The average Bonchev–Trinajstić information content (AvgIpc) is 2.44. The lowest BCUT2D eigenvalue weighted by molar-refractivity contribution is -0.219. The van der Waals surface area contributed by atoms with Gasteiger partial charge in [0.1, 0.15) is 12.6 Å². The van der Waals surface area contributed by atoms with Crippen molar-refractivity contribution in [2.75, 3.05) is 7.11 Å². The van der Waals surface area contributed by atoms with Crippen LogP contribution in [0.15, 0.2) is 30.3 Å². The third-order valence-electron chi connectivity index (χ3n) is 3.02. The Morgan fingerprint density at radius 2 is 2.05 bits per heavy atom. The summed E-state index contributed by atoms with van der Waals surface area (Å²) >= 11 is 0. The summed E-state index contributed by atoms with van der Waals surface area (Å²) in [5.74, 6) is -0.272. The standard InChI is InChI=1S/C13H16N2O4/c1-9-11(12(16)15(9)18-2)14-13(17)19-8-10-6-4-3-5-7-10/h3-7,9,11H,8H2,1-2H3,(H,14,17). The maximum absolute atomic E-state index is 11.6. The minimum Gasteiger partial charge on any atom is -0.445 e. The predicted molar refractivity (Wildman–Crippen MR) is 66.9 cm³/mol. The van der Waals surface area contributed by atoms with Gasteiger partial charge in [-0.25, -0.2) is 9.86 Å². The van der Waals surface area contributed by atoms with E-state index in [0.717, 1.165) is 5.56 Å². The van der Waals surface area contributed by atoms with Crippen LogP contribution in [0.4, 0.5) is 4.79 Å². The first-order valence-corrected chi connectivity index (χ1v) is 5.98. The molecule has 1 heterocycles. The SMILES string of the molecule is CON1C(=O)C(NC(=O)OCc2ccccc2)C1C. The number of carbonyl (C=O) groups is 2. The summed E-state index contributed by atoms with van der Waals surface area (Å²) in [5.41, 5.74) is 0.893. The Balaban J connectivity index is 1.78. The second kappa shape index (κ2) is 5.71. The topological polar surface area (TPSA) is 67.9 Å². The zero-order valence-electron chi connectivity index (χ0n) is 10.8. The molecule has 2 rings (SSSR count). The van der Waals surface area contributed by atoms with Crippen molar-refractivity contribution in [3.05, 3.63) is 35.9 Å². The molecule has 102 valence electrons. The largest absolute Gasteiger partial charge is 0.445 e. The fraction of sp³-hybridized carbons (Fsp3) is 0.385. The molecule has 1 aliphatic rings. The van der Waals surface area contributed by atoms with Gasteiger partial charge in [-0.3, -0.25) is 9.63 Å². The van der Waals surface area contributed by atoms with Crippen LogP contribution in [0.2, 0.25) is 0 Å². The Morgan fingerprint density at radius 1 is 1.37 bits per heavy atom. The minimum atomic E-state index is -0.607. The molecule has 0 aliphatic carbocycles. The number of alkyl carbamates (subject to hydrolysis) is 1. The van der Waals surface area contributed by atoms with Crippen molar-refractivity contribution < 1.29 is 19.2 Å². The zero-order chi connectivity index (χ0) is 13.8. The number of rotatable bonds is 4. The molecule has 6 heteroatoms. The number of ether oxygens (including phenoxy) is 1. The molecule has 1 aliphatic heterocycles. The van der Waals surface area contributed by atoms with Crippen molar-refractivity contribution in [2.24, 2.45) is 0 Å². The van der Waals surface area contributed by atoms with Crippen LogP contribution in [0.5, 0.6) is 0 Å². The van der Waals surface area contributed by atoms with E-state index in [-0.39, 0.29) is 18.6 Å². The summed E-state index contributed by atoms with van der Waals surface area (Å²) in [7, 11) is 1.42. The number of hydrogen-bond donors (Lipinski definition) is 1. The number of nitrogens with zero attached hydrogens (tertiary/aromatic N) is 1. The monoisotopic (exact) mass is 264 g/mol. The van der Waals surface area contributed by atoms with Crippen molar-refractivity contribution in [3.8, 4) is 0 Å². The van der Waals surface area contributed by atoms with Gasteiger partial charge in [-0.15, -0.1) is 0 Å². The molecule has 1 aromatic rings. The molecule has 2 amide bonds. The Labute approximate surface area is 111 Å². The van der Waals surface area contributed by atoms with Gasteiger partial charge < -0.3 is 10.1 Å². The van der Waals surface area contributed by atoms with Crippen molar-refractivity contribution >= 4 is 12.0 Å². The maximum Gasteiger partial charge on any atom is 0.408 e. The molecule has 1 fully saturated rings. The van der Waals surface area contributed by atoms with E-state index in [1.54, 1.807) is 6.92 Å². The second-order valence-corrected chi connectivity index (χ2v) is 4.27. The van der Waals surface area contributed by atoms with Crippen LogP contribution in [-0.4, -0.2) is 36.3 Å². The third kappa shape index (κ3) is 2.85. The lowest BCUT2D eigenvalue weighted by Gasteiger charge is -2.42. The van der Waals surface area contributed by atoms with Crippen molar-refractivity contribution in [1.29, 1.82) is 0 Å². The molecule has 0 spiro atoms. The minimum absolute atomic E-state index is 0.177. The molecule has 1 aromatic carbocycles. The fourth-order valence-corrected chi connectivity index (χ4v) is 1.93. The summed E-state index contributed by atoms with van der Waals surface area (Å²) in [5, 5.41) is 3.73. The normalized spacial score (nSPS) is 21.8. The molecular weight excluding hydrogens is 248 g/mol. The molecule has 19 heavy (non-hydrogen) atoms. The first kappa shape index (κ1) is 13.4. The van der Waals surface area contributed by atoms with Crippen LogP contribution < -0.4 is 5.32 Å². The summed E-state index contributed by atoms with van der Waals surface area (Å²) in [6.07, 6.45) is -0.607. The molecule has 2 atom stereocenters. The average molecular weight is 264 g/mol. The Morgan fingerprint density at radius 3 is 2.63 bits per heavy atom. The smallest absolute Gasteiger partial charge is 0.408 e. The number of hydrogen-bond acceptors (Lipinski definition) is 4. The molecule has 2 unspecified atom stereocenters. The van der Waals surface area contributed by atoms with E-state index in [1.807, 2.05) is 30.3 Å². The third-order valence-corrected chi connectivity index (χ3v) is 3.02. The molecule has 0 bridgehead atoms. The fourth-order valence-electron chi connectivity index (χ4n) is 1.93. The van der Waals surface area contributed by atoms with E-state index < -0.39 is 12.1 Å². The first-order chi connectivity index (χ1) is 9.13. The predicted octanol–water partition coefficient (Wildman–Crippen LogP) is 1.07. The second-order valence-electron chi connectivity index (χ2n) is 4.27. The first-order valence-electron chi connectivity index (χ1n) is 5.98. The van der Waals surface area contributed by atoms with Crippen LogP contribution in [0, 0.1) is 0 Å². The van der Waals surface area contributed by atoms with Gasteiger partial charge in [-0.2, -0.15) is 0 Å². The van der Waals surface area contributed by atoms with Gasteiger partial charge in [0.2, 0.25) is 0 Å². The molecule has 1 saturated heterocycles. The highest BCUT2D eigenvalue weighted by atomic mass is 16.7. The Bertz CT molecular complexity index is 463. The van der Waals surface area contributed by atoms with Crippen LogP contribution in [0.1, 0.15) is 12.5 Å². The van der Waals surface area contributed by atoms with Crippen molar-refractivity contribution in [2.45, 2.75) is 25.6 Å². The maximum atomic E-state index is 11.6. The number of benzene rings is 1. The summed E-state index contributed by atoms with van der Waals surface area (Å²) in [6.45, 7) is 1.96. The van der Waals surface area contributed by atoms with E-state index in [1.165, 1.54) is 12.2 Å². The molecular formula is C13H16N2O4. The molecule has 0 aromatic heterocycles. The highest BCUT2D eigenvalue weighted by Crippen LogP contribution is 2.19. The number of amides is 2. The van der Waals surface area contributed by atoms with Gasteiger partial charge >= 0.3 is 6.09 Å². The van der Waals surface area contributed by atoms with E-state index in [2.05, 4.69) is 5.32 Å². The summed E-state index contributed by atoms with van der Waals surface area (Å²) in [6, 6.07) is 8.56. The molecule has 1 N–H and O–H groups in total. The van der Waals surface area contributed by atoms with Gasteiger partial charge in [-0.1, -0.05) is 30.3 Å². The van der Waals surface area contributed by atoms with Gasteiger partial charge in [-0.05, 0) is 12.5 Å². The highest BCUT2D eigenvalue weighted by molar-refractivity contribution is 5.91. The quantitative estimate of drug-likeness (QED) is 0.826.